The van der Waals surface area contributed by atoms with E-state index in [-0.39, 0.29) is 24.7 Å². The topological polar surface area (TPSA) is 69.6 Å². The summed E-state index contributed by atoms with van der Waals surface area (Å²) < 4.78 is 0. The Kier molecular flexibility index (Phi) is 9.21. The molecule has 0 spiro atoms. The molecule has 5 heteroatoms. The van der Waals surface area contributed by atoms with E-state index in [2.05, 4.69) is 24.1 Å². The van der Waals surface area contributed by atoms with Gasteiger partial charge in [-0.3, -0.25) is 9.59 Å². The molecule has 2 unspecified atom stereocenters. The van der Waals surface area contributed by atoms with Crippen LogP contribution >= 0.6 is 0 Å². The van der Waals surface area contributed by atoms with E-state index in [9.17, 15) is 9.59 Å². The first kappa shape index (κ1) is 18.9. The Bertz CT molecular complexity index is 301. The summed E-state index contributed by atoms with van der Waals surface area (Å²) in [6.07, 6.45) is 2.49. The van der Waals surface area contributed by atoms with Gasteiger partial charge in [-0.05, 0) is 25.9 Å². The van der Waals surface area contributed by atoms with Crippen molar-refractivity contribution in [1.82, 2.24) is 10.2 Å². The number of carboxylic acids is 1. The largest absolute Gasteiger partial charge is 0.481 e. The van der Waals surface area contributed by atoms with Crippen molar-refractivity contribution in [3.8, 4) is 0 Å². The third kappa shape index (κ3) is 7.48. The van der Waals surface area contributed by atoms with Gasteiger partial charge in [-0.15, -0.1) is 0 Å². The predicted molar refractivity (Wildman–Crippen MR) is 80.6 cm³/mol. The Morgan fingerprint density at radius 2 is 1.70 bits per heavy atom. The fraction of sp³-hybridized carbons (Fsp3) is 0.867. The van der Waals surface area contributed by atoms with Gasteiger partial charge in [0.2, 0.25) is 5.91 Å². The number of carbonyl (C=O) groups is 2. The molecule has 0 aliphatic rings. The Morgan fingerprint density at radius 3 is 2.10 bits per heavy atom. The molecule has 1 amide bonds. The molecule has 0 rings (SSSR count). The molecule has 0 bridgehead atoms. The number of hydrogen-bond acceptors (Lipinski definition) is 3. The van der Waals surface area contributed by atoms with Crippen LogP contribution in [0.3, 0.4) is 0 Å². The van der Waals surface area contributed by atoms with Crippen molar-refractivity contribution in [3.63, 3.8) is 0 Å². The van der Waals surface area contributed by atoms with Crippen LogP contribution in [0.1, 0.15) is 46.5 Å². The maximum absolute atomic E-state index is 11.8. The quantitative estimate of drug-likeness (QED) is 0.644. The highest BCUT2D eigenvalue weighted by Crippen LogP contribution is 2.16. The molecule has 0 aliphatic carbocycles. The lowest BCUT2D eigenvalue weighted by atomic mass is 9.93. The SMILES string of the molecule is CCC(CC)C(CNC(=O)CC(C)CC(=O)O)N(C)C. The van der Waals surface area contributed by atoms with Crippen molar-refractivity contribution < 1.29 is 14.7 Å². The van der Waals surface area contributed by atoms with Crippen molar-refractivity contribution in [3.05, 3.63) is 0 Å². The van der Waals surface area contributed by atoms with E-state index in [1.54, 1.807) is 6.92 Å². The number of rotatable bonds is 10. The maximum Gasteiger partial charge on any atom is 0.303 e. The third-order valence-electron chi connectivity index (χ3n) is 3.82. The van der Waals surface area contributed by atoms with Gasteiger partial charge in [-0.1, -0.05) is 33.6 Å². The van der Waals surface area contributed by atoms with Crippen molar-refractivity contribution in [2.24, 2.45) is 11.8 Å². The number of nitrogens with zero attached hydrogens (tertiary/aromatic N) is 1. The van der Waals surface area contributed by atoms with Gasteiger partial charge in [0, 0.05) is 25.4 Å². The van der Waals surface area contributed by atoms with Gasteiger partial charge in [0.1, 0.15) is 0 Å². The number of amides is 1. The first-order valence-corrected chi connectivity index (χ1v) is 7.46. The van der Waals surface area contributed by atoms with Crippen LogP contribution in [0.2, 0.25) is 0 Å². The van der Waals surface area contributed by atoms with Gasteiger partial charge in [0.25, 0.3) is 0 Å². The summed E-state index contributed by atoms with van der Waals surface area (Å²) in [6, 6.07) is 0.323. The average Bonchev–Trinajstić information content (AvgIpc) is 2.32. The zero-order valence-electron chi connectivity index (χ0n) is 13.5. The van der Waals surface area contributed by atoms with E-state index in [1.807, 2.05) is 14.1 Å². The van der Waals surface area contributed by atoms with E-state index in [0.717, 1.165) is 12.8 Å². The van der Waals surface area contributed by atoms with Crippen molar-refractivity contribution in [2.45, 2.75) is 52.5 Å². The number of aliphatic carboxylic acids is 1. The Balaban J connectivity index is 4.27. The minimum atomic E-state index is -0.853. The molecule has 0 aromatic heterocycles. The molecule has 2 atom stereocenters. The fourth-order valence-electron chi connectivity index (χ4n) is 2.58. The zero-order valence-corrected chi connectivity index (χ0v) is 13.5. The van der Waals surface area contributed by atoms with Gasteiger partial charge < -0.3 is 15.3 Å². The summed E-state index contributed by atoms with van der Waals surface area (Å²) in [5.41, 5.74) is 0. The van der Waals surface area contributed by atoms with Crippen LogP contribution in [0.4, 0.5) is 0 Å². The van der Waals surface area contributed by atoms with Crippen LogP contribution in [0, 0.1) is 11.8 Å². The number of carbonyl (C=O) groups excluding carboxylic acids is 1. The molecule has 0 aromatic carbocycles. The van der Waals surface area contributed by atoms with Crippen LogP contribution in [0.15, 0.2) is 0 Å². The Labute approximate surface area is 122 Å². The lowest BCUT2D eigenvalue weighted by Gasteiger charge is -2.31. The van der Waals surface area contributed by atoms with Crippen molar-refractivity contribution in [1.29, 1.82) is 0 Å². The van der Waals surface area contributed by atoms with Gasteiger partial charge in [0.15, 0.2) is 0 Å². The molecule has 0 saturated heterocycles. The zero-order chi connectivity index (χ0) is 15.7. The molecule has 2 N–H and O–H groups in total. The minimum absolute atomic E-state index is 0.0388. The number of likely N-dealkylation sites (N-methyl/N-ethyl adjacent to an activating group) is 1. The van der Waals surface area contributed by atoms with Crippen LogP contribution in [0.5, 0.6) is 0 Å². The van der Waals surface area contributed by atoms with Crippen LogP contribution in [0.25, 0.3) is 0 Å². The predicted octanol–water partition coefficient (Wildman–Crippen LogP) is 1.97. The summed E-state index contributed by atoms with van der Waals surface area (Å²) in [6.45, 7) is 6.75. The first-order chi connectivity index (χ1) is 9.31. The minimum Gasteiger partial charge on any atom is -0.481 e. The normalized spacial score (nSPS) is 14.3. The molecule has 118 valence electrons. The van der Waals surface area contributed by atoms with E-state index in [4.69, 9.17) is 5.11 Å². The number of hydrogen-bond donors (Lipinski definition) is 2. The van der Waals surface area contributed by atoms with Gasteiger partial charge >= 0.3 is 5.97 Å². The van der Waals surface area contributed by atoms with Crippen molar-refractivity contribution in [2.75, 3.05) is 20.6 Å². The molecule has 0 fully saturated rings. The monoisotopic (exact) mass is 286 g/mol. The number of nitrogens with one attached hydrogen (secondary N) is 1. The standard InChI is InChI=1S/C15H30N2O3/c1-6-12(7-2)13(17(4)5)10-16-14(18)8-11(3)9-15(19)20/h11-13H,6-10H2,1-5H3,(H,16,18)(H,19,20). The number of carboxylic acid groups (broad SMARTS) is 1. The van der Waals surface area contributed by atoms with Crippen LogP contribution in [-0.4, -0.2) is 48.6 Å². The highest BCUT2D eigenvalue weighted by Gasteiger charge is 2.21. The lowest BCUT2D eigenvalue weighted by molar-refractivity contribution is -0.138. The average molecular weight is 286 g/mol. The summed E-state index contributed by atoms with van der Waals surface area (Å²) >= 11 is 0. The van der Waals surface area contributed by atoms with E-state index in [0.29, 0.717) is 18.5 Å². The molecular weight excluding hydrogens is 256 g/mol. The second kappa shape index (κ2) is 9.75. The van der Waals surface area contributed by atoms with E-state index < -0.39 is 5.97 Å². The Morgan fingerprint density at radius 1 is 1.15 bits per heavy atom. The molecule has 0 aromatic rings. The molecule has 0 saturated carbocycles. The highest BCUT2D eigenvalue weighted by atomic mass is 16.4. The highest BCUT2D eigenvalue weighted by molar-refractivity contribution is 5.77. The smallest absolute Gasteiger partial charge is 0.303 e. The van der Waals surface area contributed by atoms with Gasteiger partial charge in [0.05, 0.1) is 0 Å². The third-order valence-corrected chi connectivity index (χ3v) is 3.82. The summed E-state index contributed by atoms with van der Waals surface area (Å²) in [5, 5.41) is 11.6. The molecular formula is C15H30N2O3. The van der Waals surface area contributed by atoms with Crippen molar-refractivity contribution >= 4 is 11.9 Å². The summed E-state index contributed by atoms with van der Waals surface area (Å²) in [4.78, 5) is 24.6. The summed E-state index contributed by atoms with van der Waals surface area (Å²) in [5.74, 6) is -0.481. The van der Waals surface area contributed by atoms with Crippen LogP contribution in [-0.2, 0) is 9.59 Å². The molecule has 0 radical (unpaired) electrons. The van der Waals surface area contributed by atoms with E-state index >= 15 is 0 Å². The molecule has 0 aliphatic heterocycles. The molecule has 20 heavy (non-hydrogen) atoms. The second-order valence-electron chi connectivity index (χ2n) is 5.82. The first-order valence-electron chi connectivity index (χ1n) is 7.46. The summed E-state index contributed by atoms with van der Waals surface area (Å²) in [7, 11) is 4.06. The van der Waals surface area contributed by atoms with Gasteiger partial charge in [-0.2, -0.15) is 0 Å². The van der Waals surface area contributed by atoms with Gasteiger partial charge in [-0.25, -0.2) is 0 Å². The fourth-order valence-corrected chi connectivity index (χ4v) is 2.58. The lowest BCUT2D eigenvalue weighted by Crippen LogP contribution is -2.44. The van der Waals surface area contributed by atoms with E-state index in [1.165, 1.54) is 0 Å². The van der Waals surface area contributed by atoms with Crippen LogP contribution < -0.4 is 5.32 Å². The molecule has 5 nitrogen and oxygen atoms in total. The molecule has 0 heterocycles. The maximum atomic E-state index is 11.8. The Hall–Kier alpha value is -1.10. The second-order valence-corrected chi connectivity index (χ2v) is 5.82.